The van der Waals surface area contributed by atoms with Gasteiger partial charge in [0.1, 0.15) is 18.1 Å². The fraction of sp³-hybridized carbons (Fsp3) is 0.737. The van der Waals surface area contributed by atoms with E-state index in [-0.39, 0.29) is 24.8 Å². The Kier molecular flexibility index (Phi) is 14.1. The minimum Gasteiger partial charge on any atom is -0.480 e. The predicted octanol–water partition coefficient (Wildman–Crippen LogP) is -1.66. The van der Waals surface area contributed by atoms with Gasteiger partial charge in [-0.25, -0.2) is 0 Å². The van der Waals surface area contributed by atoms with Crippen LogP contribution >= 0.6 is 11.8 Å². The minimum absolute atomic E-state index is 0.0850. The van der Waals surface area contributed by atoms with Gasteiger partial charge in [-0.1, -0.05) is 13.8 Å². The summed E-state index contributed by atoms with van der Waals surface area (Å²) >= 11 is 1.55. The molecule has 0 rings (SSSR count). The summed E-state index contributed by atoms with van der Waals surface area (Å²) in [6.45, 7) is 4.99. The molecule has 0 aliphatic carbocycles. The summed E-state index contributed by atoms with van der Waals surface area (Å²) < 4.78 is 0. The molecular weight excluding hydrogens is 438 g/mol. The number of thioether (sulfide) groups is 1. The molecule has 0 heterocycles. The molecule has 4 atom stereocenters. The third-order valence-electron chi connectivity index (χ3n) is 4.52. The zero-order valence-electron chi connectivity index (χ0n) is 19.1. The van der Waals surface area contributed by atoms with Crippen molar-refractivity contribution in [1.29, 1.82) is 0 Å². The van der Waals surface area contributed by atoms with Crippen LogP contribution in [0.1, 0.15) is 40.0 Å². The van der Waals surface area contributed by atoms with Crippen LogP contribution in [0.2, 0.25) is 0 Å². The molecule has 0 radical (unpaired) electrons. The summed E-state index contributed by atoms with van der Waals surface area (Å²) in [6, 6.07) is -3.87. The molecule has 0 bridgehead atoms. The highest BCUT2D eigenvalue weighted by Gasteiger charge is 2.30. The zero-order valence-corrected chi connectivity index (χ0v) is 19.9. The maximum atomic E-state index is 12.9. The number of hydrogen-bond acceptors (Lipinski definition) is 7. The van der Waals surface area contributed by atoms with E-state index in [2.05, 4.69) is 20.9 Å². The van der Waals surface area contributed by atoms with Crippen LogP contribution in [0.4, 0.5) is 0 Å². The minimum atomic E-state index is -1.20. The number of rotatable bonds is 15. The lowest BCUT2D eigenvalue weighted by atomic mass is 10.0. The van der Waals surface area contributed by atoms with Crippen molar-refractivity contribution >= 4 is 41.4 Å². The molecule has 0 aliphatic rings. The van der Waals surface area contributed by atoms with Crippen molar-refractivity contribution in [2.24, 2.45) is 28.1 Å². The highest BCUT2D eigenvalue weighted by atomic mass is 32.2. The van der Waals surface area contributed by atoms with E-state index in [1.54, 1.807) is 25.6 Å². The first-order valence-corrected chi connectivity index (χ1v) is 11.7. The summed E-state index contributed by atoms with van der Waals surface area (Å²) in [5.74, 6) is -2.63. The second kappa shape index (κ2) is 15.3. The molecule has 184 valence electrons. The smallest absolute Gasteiger partial charge is 0.325 e. The maximum Gasteiger partial charge on any atom is 0.325 e. The van der Waals surface area contributed by atoms with E-state index in [4.69, 9.17) is 22.3 Å². The molecule has 0 aromatic carbocycles. The van der Waals surface area contributed by atoms with Crippen molar-refractivity contribution in [3.05, 3.63) is 0 Å². The van der Waals surface area contributed by atoms with E-state index in [1.165, 1.54) is 6.92 Å². The molecule has 10 N–H and O–H groups in total. The van der Waals surface area contributed by atoms with Gasteiger partial charge in [0.25, 0.3) is 0 Å². The van der Waals surface area contributed by atoms with E-state index < -0.39 is 47.9 Å². The summed E-state index contributed by atoms with van der Waals surface area (Å²) in [4.78, 5) is 52.7. The van der Waals surface area contributed by atoms with Gasteiger partial charge in [-0.3, -0.25) is 24.2 Å². The standard InChI is InChI=1S/C19H37N7O5S/c1-10(2)14(17(29)24-11(3)18(30)31)26-16(28)13(6-5-8-23-19(21)22)25-15(27)12(20)7-9-32-4/h10-14H,5-9,20H2,1-4H3,(H,24,29)(H,25,27)(H,26,28)(H,30,31)(H4,21,22,23). The number of carbonyl (C=O) groups is 4. The number of aliphatic carboxylic acids is 1. The van der Waals surface area contributed by atoms with Crippen molar-refractivity contribution in [2.75, 3.05) is 18.6 Å². The highest BCUT2D eigenvalue weighted by molar-refractivity contribution is 7.98. The lowest BCUT2D eigenvalue weighted by Gasteiger charge is -2.26. The fourth-order valence-corrected chi connectivity index (χ4v) is 3.07. The summed E-state index contributed by atoms with van der Waals surface area (Å²) in [5, 5.41) is 16.6. The molecule has 4 unspecified atom stereocenters. The predicted molar refractivity (Wildman–Crippen MR) is 125 cm³/mol. The van der Waals surface area contributed by atoms with Gasteiger partial charge in [-0.05, 0) is 44.1 Å². The molecule has 0 saturated heterocycles. The average Bonchev–Trinajstić information content (AvgIpc) is 2.71. The van der Waals surface area contributed by atoms with Crippen LogP contribution < -0.4 is 33.2 Å². The third kappa shape index (κ3) is 11.7. The zero-order chi connectivity index (χ0) is 24.8. The average molecular weight is 476 g/mol. The van der Waals surface area contributed by atoms with Gasteiger partial charge in [0.05, 0.1) is 6.04 Å². The summed E-state index contributed by atoms with van der Waals surface area (Å²) in [7, 11) is 0. The van der Waals surface area contributed by atoms with Gasteiger partial charge in [0, 0.05) is 6.54 Å². The lowest BCUT2D eigenvalue weighted by molar-refractivity contribution is -0.142. The maximum absolute atomic E-state index is 12.9. The Morgan fingerprint density at radius 1 is 0.969 bits per heavy atom. The molecule has 0 aliphatic heterocycles. The fourth-order valence-electron chi connectivity index (χ4n) is 2.58. The van der Waals surface area contributed by atoms with Crippen molar-refractivity contribution in [3.8, 4) is 0 Å². The van der Waals surface area contributed by atoms with Crippen molar-refractivity contribution in [1.82, 2.24) is 16.0 Å². The molecule has 0 aromatic heterocycles. The number of nitrogens with one attached hydrogen (secondary N) is 3. The second-order valence-electron chi connectivity index (χ2n) is 7.70. The number of nitrogens with two attached hydrogens (primary N) is 3. The van der Waals surface area contributed by atoms with Gasteiger partial charge in [-0.15, -0.1) is 0 Å². The molecule has 0 saturated carbocycles. The van der Waals surface area contributed by atoms with Crippen molar-refractivity contribution < 1.29 is 24.3 Å². The third-order valence-corrected chi connectivity index (χ3v) is 5.17. The molecule has 0 spiro atoms. The molecule has 13 heteroatoms. The van der Waals surface area contributed by atoms with Crippen LogP contribution in [0.5, 0.6) is 0 Å². The Labute approximate surface area is 192 Å². The first kappa shape index (κ1) is 29.5. The van der Waals surface area contributed by atoms with E-state index in [0.717, 1.165) is 0 Å². The largest absolute Gasteiger partial charge is 0.480 e. The van der Waals surface area contributed by atoms with Crippen LogP contribution in [0.25, 0.3) is 0 Å². The van der Waals surface area contributed by atoms with Gasteiger partial charge in [0.2, 0.25) is 17.7 Å². The Balaban J connectivity index is 5.34. The normalized spacial score (nSPS) is 14.6. The number of guanidine groups is 1. The van der Waals surface area contributed by atoms with E-state index in [0.29, 0.717) is 18.6 Å². The van der Waals surface area contributed by atoms with Crippen LogP contribution in [-0.4, -0.2) is 77.5 Å². The van der Waals surface area contributed by atoms with Crippen LogP contribution in [-0.2, 0) is 19.2 Å². The van der Waals surface area contributed by atoms with Crippen LogP contribution in [0.15, 0.2) is 4.99 Å². The Bertz CT molecular complexity index is 670. The number of amides is 3. The van der Waals surface area contributed by atoms with Crippen LogP contribution in [0.3, 0.4) is 0 Å². The van der Waals surface area contributed by atoms with Gasteiger partial charge < -0.3 is 38.3 Å². The van der Waals surface area contributed by atoms with E-state index in [9.17, 15) is 19.2 Å². The van der Waals surface area contributed by atoms with Crippen molar-refractivity contribution in [3.63, 3.8) is 0 Å². The van der Waals surface area contributed by atoms with Crippen LogP contribution in [0, 0.1) is 5.92 Å². The first-order valence-electron chi connectivity index (χ1n) is 10.3. The number of hydrogen-bond donors (Lipinski definition) is 7. The first-order chi connectivity index (χ1) is 14.9. The molecule has 32 heavy (non-hydrogen) atoms. The topological polar surface area (TPSA) is 215 Å². The lowest BCUT2D eigenvalue weighted by Crippen LogP contribution is -2.58. The Morgan fingerprint density at radius 3 is 2.09 bits per heavy atom. The summed E-state index contributed by atoms with van der Waals surface area (Å²) in [6.07, 6.45) is 2.94. The number of carboxylic acids is 1. The molecule has 0 fully saturated rings. The Hall–Kier alpha value is -2.54. The molecule has 0 aromatic rings. The van der Waals surface area contributed by atoms with E-state index in [1.807, 2.05) is 6.26 Å². The van der Waals surface area contributed by atoms with E-state index >= 15 is 0 Å². The molecular formula is C19H37N7O5S. The number of carbonyl (C=O) groups excluding carboxylic acids is 3. The SMILES string of the molecule is CSCCC(N)C(=O)NC(CCCN=C(N)N)C(=O)NC(C(=O)NC(C)C(=O)O)C(C)C. The quantitative estimate of drug-likeness (QED) is 0.0817. The Morgan fingerprint density at radius 2 is 1.59 bits per heavy atom. The number of nitrogens with zero attached hydrogens (tertiary/aromatic N) is 1. The monoisotopic (exact) mass is 475 g/mol. The van der Waals surface area contributed by atoms with Gasteiger partial charge >= 0.3 is 5.97 Å². The van der Waals surface area contributed by atoms with Crippen molar-refractivity contribution in [2.45, 2.75) is 64.2 Å². The summed E-state index contributed by atoms with van der Waals surface area (Å²) in [5.41, 5.74) is 16.5. The molecule has 12 nitrogen and oxygen atoms in total. The number of aliphatic imine (C=N–C) groups is 1. The second-order valence-corrected chi connectivity index (χ2v) is 8.68. The number of carboxylic acid groups (broad SMARTS) is 1. The van der Waals surface area contributed by atoms with Gasteiger partial charge in [0.15, 0.2) is 5.96 Å². The van der Waals surface area contributed by atoms with Gasteiger partial charge in [-0.2, -0.15) is 11.8 Å². The molecule has 3 amide bonds. The highest BCUT2D eigenvalue weighted by Crippen LogP contribution is 2.07.